The number of rotatable bonds is 5. The maximum Gasteiger partial charge on any atom is 0.490 e. The van der Waals surface area contributed by atoms with Gasteiger partial charge in [0.05, 0.1) is 0 Å². The molecule has 2 aromatic rings. The van der Waals surface area contributed by atoms with Gasteiger partial charge in [0.1, 0.15) is 6.10 Å². The Balaban J connectivity index is 0.000000383. The summed E-state index contributed by atoms with van der Waals surface area (Å²) < 4.78 is 37.5. The monoisotopic (exact) mass is 470 g/mol. The molecule has 1 aliphatic heterocycles. The van der Waals surface area contributed by atoms with Crippen molar-refractivity contribution >= 4 is 17.6 Å². The molecule has 0 atom stereocenters. The number of hydrogen-bond acceptors (Lipinski definition) is 6. The number of aromatic nitrogens is 3. The topological polar surface area (TPSA) is 129 Å². The van der Waals surface area contributed by atoms with Crippen molar-refractivity contribution in [3.63, 3.8) is 0 Å². The number of aromatic amines is 1. The van der Waals surface area contributed by atoms with Crippen molar-refractivity contribution in [3.05, 3.63) is 35.5 Å². The average Bonchev–Trinajstić information content (AvgIpc) is 3.47. The number of anilines is 1. The fraction of sp³-hybridized carbons (Fsp3) is 0.524. The van der Waals surface area contributed by atoms with Crippen LogP contribution in [0, 0.1) is 0 Å². The lowest BCUT2D eigenvalue weighted by atomic mass is 9.82. The summed E-state index contributed by atoms with van der Waals surface area (Å²) in [4.78, 5) is 22.4. The van der Waals surface area contributed by atoms with Crippen LogP contribution in [0.1, 0.15) is 60.5 Å². The molecule has 1 aliphatic carbocycles. The Labute approximate surface area is 187 Å². The number of carboxylic acids is 2. The van der Waals surface area contributed by atoms with Gasteiger partial charge in [-0.2, -0.15) is 13.2 Å². The summed E-state index contributed by atoms with van der Waals surface area (Å²) in [5.74, 6) is -3.22. The Morgan fingerprint density at radius 1 is 1.03 bits per heavy atom. The third-order valence-corrected chi connectivity index (χ3v) is 5.76. The summed E-state index contributed by atoms with van der Waals surface area (Å²) in [7, 11) is 0. The number of nitrogens with one attached hydrogen (secondary N) is 1. The van der Waals surface area contributed by atoms with Crippen molar-refractivity contribution in [2.75, 3.05) is 18.0 Å². The lowest BCUT2D eigenvalue weighted by Crippen LogP contribution is -2.24. The van der Waals surface area contributed by atoms with E-state index in [4.69, 9.17) is 19.7 Å². The quantitative estimate of drug-likeness (QED) is 0.601. The van der Waals surface area contributed by atoms with Gasteiger partial charge in [0, 0.05) is 18.8 Å². The largest absolute Gasteiger partial charge is 0.490 e. The highest BCUT2D eigenvalue weighted by molar-refractivity contribution is 5.87. The van der Waals surface area contributed by atoms with Crippen molar-refractivity contribution in [1.82, 2.24) is 15.4 Å². The summed E-state index contributed by atoms with van der Waals surface area (Å²) >= 11 is 0. The number of carboxylic acid groups (broad SMARTS) is 2. The van der Waals surface area contributed by atoms with Gasteiger partial charge < -0.3 is 19.8 Å². The molecule has 0 amide bonds. The normalized spacial score (nSPS) is 20.6. The molecule has 0 unspecified atom stereocenters. The molecule has 33 heavy (non-hydrogen) atoms. The second kappa shape index (κ2) is 10.5. The van der Waals surface area contributed by atoms with E-state index in [1.807, 2.05) is 0 Å². The first kappa shape index (κ1) is 24.3. The molecule has 180 valence electrons. The maximum absolute atomic E-state index is 11.1. The van der Waals surface area contributed by atoms with Gasteiger partial charge in [-0.1, -0.05) is 22.4 Å². The van der Waals surface area contributed by atoms with Crippen LogP contribution in [0.15, 0.2) is 24.3 Å². The number of H-pyrrole nitrogens is 1. The van der Waals surface area contributed by atoms with Gasteiger partial charge in [0.2, 0.25) is 5.69 Å². The van der Waals surface area contributed by atoms with Crippen LogP contribution in [0.2, 0.25) is 0 Å². The molecule has 1 saturated heterocycles. The third-order valence-electron chi connectivity index (χ3n) is 5.76. The second-order valence-corrected chi connectivity index (χ2v) is 7.98. The second-order valence-electron chi connectivity index (χ2n) is 7.98. The summed E-state index contributed by atoms with van der Waals surface area (Å²) in [6.45, 7) is 2.34. The Kier molecular flexibility index (Phi) is 7.77. The average molecular weight is 470 g/mol. The first-order valence-corrected chi connectivity index (χ1v) is 10.6. The summed E-state index contributed by atoms with van der Waals surface area (Å²) in [5, 5.41) is 25.8. The molecule has 2 fully saturated rings. The van der Waals surface area contributed by atoms with Crippen LogP contribution in [0.5, 0.6) is 5.88 Å². The standard InChI is InChI=1S/C19H24N4O3.C2HF3O2/c24-19(25)17-18(21-22-20-17)26-16-9-5-14(6-10-16)13-3-7-15(8-4-13)23-11-1-2-12-23;3-2(4,5)1(6)7/h3-4,7-8,14,16H,1-2,5-6,9-12H2,(H,24,25)(H,20,21,22);(H,6,7). The lowest BCUT2D eigenvalue weighted by molar-refractivity contribution is -0.192. The molecule has 2 aliphatic rings. The maximum atomic E-state index is 11.1. The summed E-state index contributed by atoms with van der Waals surface area (Å²) in [6.07, 6.45) is 1.36. The minimum atomic E-state index is -5.08. The summed E-state index contributed by atoms with van der Waals surface area (Å²) in [5.41, 5.74) is 2.64. The highest BCUT2D eigenvalue weighted by Gasteiger charge is 2.38. The molecule has 0 spiro atoms. The predicted octanol–water partition coefficient (Wildman–Crippen LogP) is 3.84. The van der Waals surface area contributed by atoms with Gasteiger partial charge in [-0.15, -0.1) is 0 Å². The molecular formula is C21H25F3N4O5. The number of aliphatic carboxylic acids is 1. The van der Waals surface area contributed by atoms with E-state index < -0.39 is 18.1 Å². The fourth-order valence-corrected chi connectivity index (χ4v) is 4.04. The molecular weight excluding hydrogens is 445 g/mol. The van der Waals surface area contributed by atoms with Crippen LogP contribution in [0.25, 0.3) is 0 Å². The van der Waals surface area contributed by atoms with Crippen LogP contribution < -0.4 is 9.64 Å². The Morgan fingerprint density at radius 2 is 1.61 bits per heavy atom. The van der Waals surface area contributed by atoms with Crippen LogP contribution in [-0.4, -0.2) is 62.9 Å². The minimum Gasteiger partial charge on any atom is -0.476 e. The number of nitrogens with zero attached hydrogens (tertiary/aromatic N) is 3. The molecule has 9 nitrogen and oxygen atoms in total. The zero-order valence-electron chi connectivity index (χ0n) is 17.7. The molecule has 4 rings (SSSR count). The third kappa shape index (κ3) is 6.59. The molecule has 0 bridgehead atoms. The van der Waals surface area contributed by atoms with Crippen LogP contribution in [-0.2, 0) is 4.79 Å². The van der Waals surface area contributed by atoms with Gasteiger partial charge in [-0.25, -0.2) is 14.7 Å². The van der Waals surface area contributed by atoms with Crippen molar-refractivity contribution in [2.45, 2.75) is 56.7 Å². The van der Waals surface area contributed by atoms with E-state index in [0.717, 1.165) is 25.7 Å². The molecule has 1 saturated carbocycles. The highest BCUT2D eigenvalue weighted by Crippen LogP contribution is 2.35. The fourth-order valence-electron chi connectivity index (χ4n) is 4.04. The Morgan fingerprint density at radius 3 is 2.12 bits per heavy atom. The van der Waals surface area contributed by atoms with Crippen molar-refractivity contribution in [3.8, 4) is 5.88 Å². The Hall–Kier alpha value is -3.31. The van der Waals surface area contributed by atoms with Gasteiger partial charge in [0.15, 0.2) is 0 Å². The van der Waals surface area contributed by atoms with E-state index in [9.17, 15) is 18.0 Å². The van der Waals surface area contributed by atoms with Gasteiger partial charge in [0.25, 0.3) is 5.88 Å². The Bertz CT molecular complexity index is 934. The first-order valence-electron chi connectivity index (χ1n) is 10.6. The number of ether oxygens (including phenoxy) is 1. The van der Waals surface area contributed by atoms with Crippen molar-refractivity contribution in [2.24, 2.45) is 0 Å². The smallest absolute Gasteiger partial charge is 0.476 e. The molecule has 2 heterocycles. The number of aromatic carboxylic acids is 1. The number of carbonyl (C=O) groups is 2. The van der Waals surface area contributed by atoms with Crippen LogP contribution in [0.3, 0.4) is 0 Å². The van der Waals surface area contributed by atoms with E-state index in [-0.39, 0.29) is 17.7 Å². The summed E-state index contributed by atoms with van der Waals surface area (Å²) in [6, 6.07) is 9.02. The molecule has 1 aromatic heterocycles. The number of halogens is 3. The molecule has 0 radical (unpaired) electrons. The number of hydrogen-bond donors (Lipinski definition) is 3. The number of benzene rings is 1. The van der Waals surface area contributed by atoms with E-state index in [0.29, 0.717) is 5.92 Å². The first-order chi connectivity index (χ1) is 15.6. The molecule has 3 N–H and O–H groups in total. The van der Waals surface area contributed by atoms with E-state index in [1.54, 1.807) is 0 Å². The van der Waals surface area contributed by atoms with E-state index in [2.05, 4.69) is 44.6 Å². The van der Waals surface area contributed by atoms with Crippen molar-refractivity contribution < 1.29 is 37.7 Å². The lowest BCUT2D eigenvalue weighted by Gasteiger charge is -2.29. The van der Waals surface area contributed by atoms with Crippen molar-refractivity contribution in [1.29, 1.82) is 0 Å². The van der Waals surface area contributed by atoms with Crippen LogP contribution in [0.4, 0.5) is 18.9 Å². The zero-order chi connectivity index (χ0) is 24.0. The van der Waals surface area contributed by atoms with E-state index >= 15 is 0 Å². The van der Waals surface area contributed by atoms with E-state index in [1.165, 1.54) is 37.2 Å². The van der Waals surface area contributed by atoms with Gasteiger partial charge in [-0.05, 0) is 62.1 Å². The predicted molar refractivity (Wildman–Crippen MR) is 111 cm³/mol. The molecule has 12 heteroatoms. The van der Waals surface area contributed by atoms with Gasteiger partial charge >= 0.3 is 18.1 Å². The SMILES string of the molecule is O=C(O)C(F)(F)F.O=C(O)c1[nH]nnc1OC1CCC(c2ccc(N3CCCC3)cc2)CC1. The van der Waals surface area contributed by atoms with Gasteiger partial charge in [-0.3, -0.25) is 0 Å². The minimum absolute atomic E-state index is 0.00155. The zero-order valence-corrected chi connectivity index (χ0v) is 17.7. The molecule has 1 aromatic carbocycles. The number of alkyl halides is 3. The highest BCUT2D eigenvalue weighted by atomic mass is 19.4. The van der Waals surface area contributed by atoms with Crippen LogP contribution >= 0.6 is 0 Å².